The molecular formula is C14H24N2OS. The molecule has 1 rings (SSSR count). The summed E-state index contributed by atoms with van der Waals surface area (Å²) in [6.07, 6.45) is 1.83. The van der Waals surface area contributed by atoms with Crippen LogP contribution in [-0.4, -0.2) is 28.0 Å². The molecule has 0 bridgehead atoms. The highest BCUT2D eigenvalue weighted by Crippen LogP contribution is 2.22. The molecular weight excluding hydrogens is 244 g/mol. The minimum absolute atomic E-state index is 0.107. The maximum absolute atomic E-state index is 9.05. The normalized spacial score (nSPS) is 13.6. The third-order valence-corrected chi connectivity index (χ3v) is 3.85. The van der Waals surface area contributed by atoms with Gasteiger partial charge in [0.25, 0.3) is 0 Å². The van der Waals surface area contributed by atoms with Gasteiger partial charge in [0.1, 0.15) is 5.03 Å². The van der Waals surface area contributed by atoms with E-state index in [0.717, 1.165) is 17.3 Å². The molecule has 0 amide bonds. The average molecular weight is 268 g/mol. The summed E-state index contributed by atoms with van der Waals surface area (Å²) in [4.78, 5) is 4.43. The Morgan fingerprint density at radius 3 is 2.78 bits per heavy atom. The molecule has 0 radical (unpaired) electrons. The van der Waals surface area contributed by atoms with E-state index in [4.69, 9.17) is 5.11 Å². The number of aliphatic hydroxyl groups is 1. The zero-order valence-corrected chi connectivity index (χ0v) is 12.5. The molecule has 0 saturated carbocycles. The van der Waals surface area contributed by atoms with Gasteiger partial charge in [-0.05, 0) is 38.3 Å². The first kappa shape index (κ1) is 15.5. The van der Waals surface area contributed by atoms with Crippen molar-refractivity contribution in [2.24, 2.45) is 5.92 Å². The van der Waals surface area contributed by atoms with Crippen LogP contribution in [0.15, 0.2) is 23.4 Å². The van der Waals surface area contributed by atoms with E-state index in [9.17, 15) is 0 Å². The number of aliphatic hydroxyl groups excluding tert-OH is 1. The lowest BCUT2D eigenvalue weighted by Gasteiger charge is -2.21. The highest BCUT2D eigenvalue weighted by atomic mass is 32.2. The van der Waals surface area contributed by atoms with Crippen molar-refractivity contribution in [1.29, 1.82) is 0 Å². The summed E-state index contributed by atoms with van der Waals surface area (Å²) in [6, 6.07) is 4.08. The smallest absolute Gasteiger partial charge is 0.100 e. The number of rotatable bonds is 6. The summed E-state index contributed by atoms with van der Waals surface area (Å²) in [6.45, 7) is 9.57. The average Bonchev–Trinajstić information content (AvgIpc) is 2.33. The number of nitrogens with one attached hydrogen (secondary N) is 1. The molecule has 2 N–H and O–H groups in total. The van der Waals surface area contributed by atoms with Crippen molar-refractivity contribution in [2.45, 2.75) is 44.8 Å². The van der Waals surface area contributed by atoms with E-state index in [1.54, 1.807) is 11.8 Å². The van der Waals surface area contributed by atoms with Crippen LogP contribution in [0.3, 0.4) is 0 Å². The highest BCUT2D eigenvalue weighted by Gasteiger charge is 2.11. The first-order valence-electron chi connectivity index (χ1n) is 6.35. The predicted molar refractivity (Wildman–Crippen MR) is 77.8 cm³/mol. The van der Waals surface area contributed by atoms with Gasteiger partial charge < -0.3 is 10.4 Å². The van der Waals surface area contributed by atoms with Gasteiger partial charge in [-0.1, -0.05) is 13.0 Å². The van der Waals surface area contributed by atoms with E-state index in [0.29, 0.717) is 5.92 Å². The van der Waals surface area contributed by atoms with Crippen LogP contribution in [0.4, 0.5) is 0 Å². The molecule has 1 unspecified atom stereocenters. The van der Waals surface area contributed by atoms with Crippen molar-refractivity contribution >= 4 is 11.8 Å². The number of nitrogens with zero attached hydrogens (tertiary/aromatic N) is 1. The van der Waals surface area contributed by atoms with Crippen molar-refractivity contribution in [3.8, 4) is 0 Å². The predicted octanol–water partition coefficient (Wildman–Crippen LogP) is 2.69. The van der Waals surface area contributed by atoms with Gasteiger partial charge in [0.05, 0.1) is 0 Å². The Hall–Kier alpha value is -0.580. The molecule has 0 saturated heterocycles. The maximum Gasteiger partial charge on any atom is 0.100 e. The fourth-order valence-corrected chi connectivity index (χ4v) is 2.33. The van der Waals surface area contributed by atoms with E-state index < -0.39 is 0 Å². The van der Waals surface area contributed by atoms with E-state index in [1.165, 1.54) is 5.56 Å². The molecule has 0 fully saturated rings. The molecule has 1 aromatic heterocycles. The van der Waals surface area contributed by atoms with E-state index >= 15 is 0 Å². The fraction of sp³-hybridized carbons (Fsp3) is 0.643. The van der Waals surface area contributed by atoms with E-state index in [1.807, 2.05) is 19.2 Å². The standard InChI is InChI=1S/C14H24N2OS/c1-11(9-17)10-18-13-12(6-5-7-15-13)8-16-14(2,3)4/h5-7,11,16-17H,8-10H2,1-4H3. The van der Waals surface area contributed by atoms with Crippen LogP contribution in [0.5, 0.6) is 0 Å². The first-order valence-corrected chi connectivity index (χ1v) is 7.33. The highest BCUT2D eigenvalue weighted by molar-refractivity contribution is 7.99. The van der Waals surface area contributed by atoms with Crippen LogP contribution < -0.4 is 5.32 Å². The van der Waals surface area contributed by atoms with Crippen LogP contribution in [0.2, 0.25) is 0 Å². The van der Waals surface area contributed by atoms with Gasteiger partial charge in [0.15, 0.2) is 0 Å². The topological polar surface area (TPSA) is 45.2 Å². The van der Waals surface area contributed by atoms with Crippen molar-refractivity contribution < 1.29 is 5.11 Å². The molecule has 3 nitrogen and oxygen atoms in total. The summed E-state index contributed by atoms with van der Waals surface area (Å²) in [5.74, 6) is 1.20. The second-order valence-corrected chi connectivity index (χ2v) is 6.68. The van der Waals surface area contributed by atoms with Gasteiger partial charge in [0, 0.05) is 30.6 Å². The molecule has 1 heterocycles. The SMILES string of the molecule is CC(CO)CSc1ncccc1CNC(C)(C)C. The molecule has 18 heavy (non-hydrogen) atoms. The fourth-order valence-electron chi connectivity index (χ4n) is 1.32. The second kappa shape index (κ2) is 7.12. The third-order valence-electron chi connectivity index (χ3n) is 2.48. The van der Waals surface area contributed by atoms with Gasteiger partial charge in [-0.3, -0.25) is 0 Å². The summed E-state index contributed by atoms with van der Waals surface area (Å²) in [7, 11) is 0. The second-order valence-electron chi connectivity index (χ2n) is 5.67. The Balaban J connectivity index is 2.62. The molecule has 0 aliphatic heterocycles. The molecule has 1 atom stereocenters. The number of thioether (sulfide) groups is 1. The molecule has 0 aliphatic carbocycles. The van der Waals surface area contributed by atoms with Crippen LogP contribution in [0, 0.1) is 5.92 Å². The number of hydrogen-bond acceptors (Lipinski definition) is 4. The number of pyridine rings is 1. The zero-order chi connectivity index (χ0) is 13.6. The minimum Gasteiger partial charge on any atom is -0.396 e. The van der Waals surface area contributed by atoms with Crippen molar-refractivity contribution in [1.82, 2.24) is 10.3 Å². The van der Waals surface area contributed by atoms with Gasteiger partial charge in [-0.15, -0.1) is 11.8 Å². The Morgan fingerprint density at radius 1 is 1.44 bits per heavy atom. The Kier molecular flexibility index (Phi) is 6.12. The molecule has 0 spiro atoms. The van der Waals surface area contributed by atoms with E-state index in [-0.39, 0.29) is 12.1 Å². The lowest BCUT2D eigenvalue weighted by Crippen LogP contribution is -2.35. The molecule has 4 heteroatoms. The molecule has 1 aromatic rings. The lowest BCUT2D eigenvalue weighted by atomic mass is 10.1. The van der Waals surface area contributed by atoms with Gasteiger partial charge >= 0.3 is 0 Å². The Bertz CT molecular complexity index is 363. The molecule has 0 aromatic carbocycles. The summed E-state index contributed by atoms with van der Waals surface area (Å²) in [5.41, 5.74) is 1.33. The van der Waals surface area contributed by atoms with E-state index in [2.05, 4.69) is 37.1 Å². The van der Waals surface area contributed by atoms with Crippen LogP contribution >= 0.6 is 11.8 Å². The summed E-state index contributed by atoms with van der Waals surface area (Å²) in [5, 5.41) is 13.6. The quantitative estimate of drug-likeness (QED) is 0.779. The van der Waals surface area contributed by atoms with Crippen LogP contribution in [-0.2, 0) is 6.54 Å². The Labute approximate surface area is 114 Å². The van der Waals surface area contributed by atoms with Crippen molar-refractivity contribution in [3.63, 3.8) is 0 Å². The van der Waals surface area contributed by atoms with Crippen LogP contribution in [0.25, 0.3) is 0 Å². The van der Waals surface area contributed by atoms with Crippen molar-refractivity contribution in [2.75, 3.05) is 12.4 Å². The number of hydrogen-bond donors (Lipinski definition) is 2. The van der Waals surface area contributed by atoms with Gasteiger partial charge in [0.2, 0.25) is 0 Å². The monoisotopic (exact) mass is 268 g/mol. The maximum atomic E-state index is 9.05. The number of aromatic nitrogens is 1. The minimum atomic E-state index is 0.107. The first-order chi connectivity index (χ1) is 8.42. The van der Waals surface area contributed by atoms with Crippen molar-refractivity contribution in [3.05, 3.63) is 23.9 Å². The van der Waals surface area contributed by atoms with Gasteiger partial charge in [-0.25, -0.2) is 4.98 Å². The zero-order valence-electron chi connectivity index (χ0n) is 11.7. The summed E-state index contributed by atoms with van der Waals surface area (Å²) < 4.78 is 0. The summed E-state index contributed by atoms with van der Waals surface area (Å²) >= 11 is 1.72. The Morgan fingerprint density at radius 2 is 2.17 bits per heavy atom. The lowest BCUT2D eigenvalue weighted by molar-refractivity contribution is 0.250. The van der Waals surface area contributed by atoms with Crippen LogP contribution in [0.1, 0.15) is 33.3 Å². The van der Waals surface area contributed by atoms with Gasteiger partial charge in [-0.2, -0.15) is 0 Å². The molecule has 102 valence electrons. The largest absolute Gasteiger partial charge is 0.396 e. The third kappa shape index (κ3) is 5.85. The molecule has 0 aliphatic rings.